The number of rotatable bonds is 1. The Bertz CT molecular complexity index is 124. The lowest BCUT2D eigenvalue weighted by molar-refractivity contribution is 0.139. The van der Waals surface area contributed by atoms with Crippen molar-refractivity contribution in [3.8, 4) is 0 Å². The largest absolute Gasteiger partial charge is 0.445 e. The van der Waals surface area contributed by atoms with Crippen molar-refractivity contribution in [3.63, 3.8) is 0 Å². The van der Waals surface area contributed by atoms with Gasteiger partial charge in [-0.1, -0.05) is 0 Å². The van der Waals surface area contributed by atoms with E-state index >= 15 is 0 Å². The van der Waals surface area contributed by atoms with Gasteiger partial charge in [-0.05, 0) is 13.8 Å². The molecule has 52 valence electrons. The zero-order chi connectivity index (χ0) is 6.85. The molecule has 0 aromatic carbocycles. The highest BCUT2D eigenvalue weighted by molar-refractivity contribution is 5.69. The predicted octanol–water partition coefficient (Wildman–Crippen LogP) is 0.847. The van der Waals surface area contributed by atoms with Crippen LogP contribution in [0, 0.1) is 0 Å². The van der Waals surface area contributed by atoms with Crippen LogP contribution in [0.15, 0.2) is 0 Å². The summed E-state index contributed by atoms with van der Waals surface area (Å²) in [6.07, 6.45) is -0.0950. The second kappa shape index (κ2) is 2.25. The molecular weight excluding hydrogens is 118 g/mol. The van der Waals surface area contributed by atoms with Gasteiger partial charge in [0.1, 0.15) is 6.10 Å². The minimum Gasteiger partial charge on any atom is -0.445 e. The third-order valence-corrected chi connectivity index (χ3v) is 1.42. The molecule has 1 heterocycles. The van der Waals surface area contributed by atoms with E-state index in [-0.39, 0.29) is 12.2 Å². The monoisotopic (exact) mass is 129 g/mol. The van der Waals surface area contributed by atoms with Crippen LogP contribution in [0.25, 0.3) is 0 Å². The number of amides is 1. The fourth-order valence-electron chi connectivity index (χ4n) is 0.927. The van der Waals surface area contributed by atoms with Gasteiger partial charge in [0, 0.05) is 6.54 Å². The third-order valence-electron chi connectivity index (χ3n) is 1.42. The number of carbonyl (C=O) groups is 1. The second-order valence-electron chi connectivity index (χ2n) is 2.23. The summed E-state index contributed by atoms with van der Waals surface area (Å²) >= 11 is 0. The molecule has 0 radical (unpaired) electrons. The Balaban J connectivity index is 2.48. The first-order valence-electron chi connectivity index (χ1n) is 3.19. The summed E-state index contributed by atoms with van der Waals surface area (Å²) in [5.41, 5.74) is 0. The topological polar surface area (TPSA) is 29.5 Å². The lowest BCUT2D eigenvalue weighted by Gasteiger charge is -2.06. The lowest BCUT2D eigenvalue weighted by Crippen LogP contribution is -2.23. The number of carbonyl (C=O) groups excluding carboxylic acids is 1. The first-order chi connectivity index (χ1) is 4.24. The molecule has 3 nitrogen and oxygen atoms in total. The second-order valence-corrected chi connectivity index (χ2v) is 2.23. The molecule has 1 rings (SSSR count). The van der Waals surface area contributed by atoms with Gasteiger partial charge in [-0.3, -0.25) is 0 Å². The van der Waals surface area contributed by atoms with E-state index in [0.29, 0.717) is 0 Å². The summed E-state index contributed by atoms with van der Waals surface area (Å²) in [5.74, 6) is 0. The molecule has 1 atom stereocenters. The van der Waals surface area contributed by atoms with Crippen LogP contribution in [0.2, 0.25) is 0 Å². The number of cyclic esters (lactones) is 1. The van der Waals surface area contributed by atoms with Crippen LogP contribution in [0.1, 0.15) is 13.8 Å². The molecule has 0 aromatic heterocycles. The zero-order valence-electron chi connectivity index (χ0n) is 5.76. The molecule has 9 heavy (non-hydrogen) atoms. The Morgan fingerprint density at radius 2 is 2.56 bits per heavy atom. The highest BCUT2D eigenvalue weighted by Gasteiger charge is 2.25. The van der Waals surface area contributed by atoms with Crippen molar-refractivity contribution in [1.82, 2.24) is 4.90 Å². The van der Waals surface area contributed by atoms with Crippen molar-refractivity contribution < 1.29 is 9.53 Å². The summed E-state index contributed by atoms with van der Waals surface area (Å²) in [6, 6.07) is 0. The summed E-state index contributed by atoms with van der Waals surface area (Å²) in [5, 5.41) is 0. The van der Waals surface area contributed by atoms with E-state index in [9.17, 15) is 4.79 Å². The Labute approximate surface area is 54.6 Å². The molecule has 0 spiro atoms. The fourth-order valence-corrected chi connectivity index (χ4v) is 0.927. The lowest BCUT2D eigenvalue weighted by atomic mass is 10.4. The summed E-state index contributed by atoms with van der Waals surface area (Å²) in [4.78, 5) is 12.4. The van der Waals surface area contributed by atoms with Gasteiger partial charge in [0.05, 0.1) is 6.54 Å². The SMILES string of the molecule is CCN1C[C@@H](C)OC1=O. The number of hydrogen-bond acceptors (Lipinski definition) is 2. The van der Waals surface area contributed by atoms with Crippen molar-refractivity contribution in [2.45, 2.75) is 20.0 Å². The van der Waals surface area contributed by atoms with Crippen LogP contribution in [-0.4, -0.2) is 30.2 Å². The molecule has 1 amide bonds. The van der Waals surface area contributed by atoms with Gasteiger partial charge >= 0.3 is 6.09 Å². The zero-order valence-corrected chi connectivity index (χ0v) is 5.76. The van der Waals surface area contributed by atoms with E-state index < -0.39 is 0 Å². The highest BCUT2D eigenvalue weighted by atomic mass is 16.6. The molecule has 1 fully saturated rings. The Morgan fingerprint density at radius 3 is 2.78 bits per heavy atom. The van der Waals surface area contributed by atoms with Crippen LogP contribution in [0.5, 0.6) is 0 Å². The van der Waals surface area contributed by atoms with Gasteiger partial charge in [-0.2, -0.15) is 0 Å². The molecule has 0 aliphatic carbocycles. The molecule has 1 aliphatic rings. The van der Waals surface area contributed by atoms with Crippen molar-refractivity contribution >= 4 is 6.09 Å². The summed E-state index contributed by atoms with van der Waals surface area (Å²) < 4.78 is 4.85. The maximum absolute atomic E-state index is 10.7. The molecule has 0 N–H and O–H groups in total. The quantitative estimate of drug-likeness (QED) is 0.525. The van der Waals surface area contributed by atoms with E-state index in [1.54, 1.807) is 4.90 Å². The third kappa shape index (κ3) is 1.15. The minimum absolute atomic E-state index is 0.0810. The number of likely N-dealkylation sites (N-methyl/N-ethyl adjacent to an activating group) is 1. The normalized spacial score (nSPS) is 26.7. The summed E-state index contributed by atoms with van der Waals surface area (Å²) in [6.45, 7) is 5.34. The Hall–Kier alpha value is -0.730. The van der Waals surface area contributed by atoms with E-state index in [4.69, 9.17) is 4.74 Å². The molecule has 0 unspecified atom stereocenters. The molecule has 0 saturated carbocycles. The van der Waals surface area contributed by atoms with E-state index in [2.05, 4.69) is 0 Å². The maximum atomic E-state index is 10.7. The molecule has 0 aromatic rings. The predicted molar refractivity (Wildman–Crippen MR) is 33.2 cm³/mol. The Morgan fingerprint density at radius 1 is 1.89 bits per heavy atom. The maximum Gasteiger partial charge on any atom is 0.410 e. The molecular formula is C6H11NO2. The first kappa shape index (κ1) is 6.39. The van der Waals surface area contributed by atoms with Crippen molar-refractivity contribution in [3.05, 3.63) is 0 Å². The van der Waals surface area contributed by atoms with E-state index in [0.717, 1.165) is 13.1 Å². The van der Waals surface area contributed by atoms with Crippen molar-refractivity contribution in [1.29, 1.82) is 0 Å². The molecule has 3 heteroatoms. The van der Waals surface area contributed by atoms with Crippen LogP contribution in [0.3, 0.4) is 0 Å². The van der Waals surface area contributed by atoms with Gasteiger partial charge in [-0.25, -0.2) is 4.79 Å². The van der Waals surface area contributed by atoms with Gasteiger partial charge in [0.15, 0.2) is 0 Å². The number of ether oxygens (including phenoxy) is 1. The van der Waals surface area contributed by atoms with Crippen molar-refractivity contribution in [2.75, 3.05) is 13.1 Å². The molecule has 0 bridgehead atoms. The Kier molecular flexibility index (Phi) is 1.60. The van der Waals surface area contributed by atoms with Gasteiger partial charge in [-0.15, -0.1) is 0 Å². The average Bonchev–Trinajstić information content (AvgIpc) is 2.10. The number of hydrogen-bond donors (Lipinski definition) is 0. The van der Waals surface area contributed by atoms with Crippen LogP contribution in [-0.2, 0) is 4.74 Å². The number of nitrogens with zero attached hydrogens (tertiary/aromatic N) is 1. The molecule has 1 aliphatic heterocycles. The fraction of sp³-hybridized carbons (Fsp3) is 0.833. The first-order valence-corrected chi connectivity index (χ1v) is 3.19. The highest BCUT2D eigenvalue weighted by Crippen LogP contribution is 2.08. The van der Waals surface area contributed by atoms with Crippen LogP contribution < -0.4 is 0 Å². The minimum atomic E-state index is -0.176. The van der Waals surface area contributed by atoms with Gasteiger partial charge in [0.2, 0.25) is 0 Å². The van der Waals surface area contributed by atoms with Crippen LogP contribution in [0.4, 0.5) is 4.79 Å². The standard InChI is InChI=1S/C6H11NO2/c1-3-7-4-5(2)9-6(7)8/h5H,3-4H2,1-2H3/t5-/m1/s1. The smallest absolute Gasteiger partial charge is 0.410 e. The van der Waals surface area contributed by atoms with Crippen LogP contribution >= 0.6 is 0 Å². The van der Waals surface area contributed by atoms with Gasteiger partial charge < -0.3 is 9.64 Å². The van der Waals surface area contributed by atoms with Crippen molar-refractivity contribution in [2.24, 2.45) is 0 Å². The summed E-state index contributed by atoms with van der Waals surface area (Å²) in [7, 11) is 0. The van der Waals surface area contributed by atoms with Gasteiger partial charge in [0.25, 0.3) is 0 Å². The van der Waals surface area contributed by atoms with E-state index in [1.165, 1.54) is 0 Å². The average molecular weight is 129 g/mol. The molecule has 1 saturated heterocycles. The van der Waals surface area contributed by atoms with E-state index in [1.807, 2.05) is 13.8 Å².